The molecule has 3 aromatic rings. The number of allylic oxidation sites excluding steroid dienone is 1. The highest BCUT2D eigenvalue weighted by Gasteiger charge is 2.41. The van der Waals surface area contributed by atoms with Gasteiger partial charge in [-0.05, 0) is 42.7 Å². The topological polar surface area (TPSA) is 50.2 Å². The van der Waals surface area contributed by atoms with Crippen molar-refractivity contribution >= 4 is 40.6 Å². The van der Waals surface area contributed by atoms with E-state index in [1.54, 1.807) is 30.0 Å². The lowest BCUT2D eigenvalue weighted by Gasteiger charge is -2.32. The summed E-state index contributed by atoms with van der Waals surface area (Å²) in [6, 6.07) is 12.3. The van der Waals surface area contributed by atoms with Crippen LogP contribution < -0.4 is 10.2 Å². The van der Waals surface area contributed by atoms with Crippen molar-refractivity contribution in [3.05, 3.63) is 86.7 Å². The van der Waals surface area contributed by atoms with Crippen molar-refractivity contribution in [2.24, 2.45) is 0 Å². The lowest BCUT2D eigenvalue weighted by Crippen LogP contribution is -2.37. The maximum absolute atomic E-state index is 13.8. The summed E-state index contributed by atoms with van der Waals surface area (Å²) in [6.45, 7) is 2.15. The molecule has 0 spiro atoms. The van der Waals surface area contributed by atoms with Crippen LogP contribution >= 0.6 is 23.2 Å². The van der Waals surface area contributed by atoms with E-state index in [0.29, 0.717) is 29.2 Å². The fourth-order valence-corrected chi connectivity index (χ4v) is 4.68. The van der Waals surface area contributed by atoms with E-state index < -0.39 is 17.9 Å². The quantitative estimate of drug-likeness (QED) is 0.471. The Morgan fingerprint density at radius 1 is 1.12 bits per heavy atom. The Bertz CT molecular complexity index is 1320. The lowest BCUT2D eigenvalue weighted by atomic mass is 9.94. The second-order valence-electron chi connectivity index (χ2n) is 7.93. The summed E-state index contributed by atoms with van der Waals surface area (Å²) < 4.78 is 41.5. The first-order valence-corrected chi connectivity index (χ1v) is 10.9. The smallest absolute Gasteiger partial charge is 0.344 e. The third-order valence-electron chi connectivity index (χ3n) is 5.89. The summed E-state index contributed by atoms with van der Waals surface area (Å²) in [4.78, 5) is 15.5. The molecule has 33 heavy (non-hydrogen) atoms. The Morgan fingerprint density at radius 3 is 2.61 bits per heavy atom. The average molecular weight is 493 g/mol. The largest absolute Gasteiger partial charge is 0.435 e. The fraction of sp³-hybridized carbons (Fsp3) is 0.217. The number of fused-ring (bicyclic) bond motifs is 2. The van der Waals surface area contributed by atoms with Gasteiger partial charge in [0.05, 0.1) is 15.6 Å². The SMILES string of the molecule is CC1=C(C(=O)N2CCc3ccccc32)C(c2ccc(Cl)c(Cl)c2)n2nc(C(F)(F)F)cc2N1. The van der Waals surface area contributed by atoms with Crippen molar-refractivity contribution in [1.82, 2.24) is 9.78 Å². The van der Waals surface area contributed by atoms with Gasteiger partial charge in [0.1, 0.15) is 11.9 Å². The van der Waals surface area contributed by atoms with Gasteiger partial charge in [0.25, 0.3) is 5.91 Å². The van der Waals surface area contributed by atoms with Crippen LogP contribution in [0.4, 0.5) is 24.7 Å². The molecule has 0 bridgehead atoms. The van der Waals surface area contributed by atoms with Gasteiger partial charge < -0.3 is 10.2 Å². The summed E-state index contributed by atoms with van der Waals surface area (Å²) in [5.41, 5.74) is 2.01. The van der Waals surface area contributed by atoms with Crippen molar-refractivity contribution < 1.29 is 18.0 Å². The standard InChI is InChI=1S/C23H17Cl2F3N4O/c1-12-20(22(33)31-9-8-13-4-2-3-5-17(13)31)21(14-6-7-15(24)16(25)10-14)32-19(29-12)11-18(30-32)23(26,27)28/h2-7,10-11,21,29H,8-9H2,1H3. The first kappa shape index (κ1) is 21.9. The number of nitrogens with zero attached hydrogens (tertiary/aromatic N) is 3. The van der Waals surface area contributed by atoms with Crippen molar-refractivity contribution in [1.29, 1.82) is 0 Å². The number of hydrogen-bond donors (Lipinski definition) is 1. The molecule has 170 valence electrons. The van der Waals surface area contributed by atoms with E-state index in [1.165, 1.54) is 4.68 Å². The predicted octanol–water partition coefficient (Wildman–Crippen LogP) is 6.09. The van der Waals surface area contributed by atoms with E-state index in [0.717, 1.165) is 17.3 Å². The number of halogens is 5. The maximum atomic E-state index is 13.8. The summed E-state index contributed by atoms with van der Waals surface area (Å²) in [6.07, 6.45) is -3.94. The van der Waals surface area contributed by atoms with Crippen LogP contribution in [0, 0.1) is 0 Å². The lowest BCUT2D eigenvalue weighted by molar-refractivity contribution is -0.141. The van der Waals surface area contributed by atoms with Gasteiger partial charge in [-0.1, -0.05) is 47.5 Å². The maximum Gasteiger partial charge on any atom is 0.435 e. The molecule has 0 radical (unpaired) electrons. The summed E-state index contributed by atoms with van der Waals surface area (Å²) in [5.74, 6) is -0.176. The van der Waals surface area contributed by atoms with Gasteiger partial charge >= 0.3 is 6.18 Å². The second-order valence-corrected chi connectivity index (χ2v) is 8.75. The zero-order valence-electron chi connectivity index (χ0n) is 17.3. The molecular weight excluding hydrogens is 476 g/mol. The molecule has 0 saturated carbocycles. The molecule has 0 saturated heterocycles. The molecule has 1 amide bonds. The van der Waals surface area contributed by atoms with E-state index >= 15 is 0 Å². The normalized spacial score (nSPS) is 17.6. The molecule has 5 nitrogen and oxygen atoms in total. The third kappa shape index (κ3) is 3.67. The first-order chi connectivity index (χ1) is 15.6. The molecule has 1 N–H and O–H groups in total. The highest BCUT2D eigenvalue weighted by atomic mass is 35.5. The van der Waals surface area contributed by atoms with Crippen molar-refractivity contribution in [3.8, 4) is 0 Å². The number of benzene rings is 2. The van der Waals surface area contributed by atoms with Gasteiger partial charge in [-0.15, -0.1) is 0 Å². The summed E-state index contributed by atoms with van der Waals surface area (Å²) in [5, 5.41) is 7.28. The second kappa shape index (κ2) is 7.81. The van der Waals surface area contributed by atoms with Crippen LogP contribution in [0.3, 0.4) is 0 Å². The Morgan fingerprint density at radius 2 is 1.88 bits per heavy atom. The van der Waals surface area contributed by atoms with Crippen LogP contribution in [0.15, 0.2) is 59.8 Å². The van der Waals surface area contributed by atoms with Gasteiger partial charge in [-0.2, -0.15) is 18.3 Å². The number of hydrogen-bond acceptors (Lipinski definition) is 3. The highest BCUT2D eigenvalue weighted by Crippen LogP contribution is 2.42. The molecule has 0 fully saturated rings. The predicted molar refractivity (Wildman–Crippen MR) is 121 cm³/mol. The van der Waals surface area contributed by atoms with Gasteiger partial charge in [0, 0.05) is 24.0 Å². The zero-order chi connectivity index (χ0) is 23.5. The van der Waals surface area contributed by atoms with Crippen molar-refractivity contribution in [2.45, 2.75) is 25.6 Å². The number of para-hydroxylation sites is 1. The third-order valence-corrected chi connectivity index (χ3v) is 6.62. The number of nitrogens with one attached hydrogen (secondary N) is 1. The molecule has 1 unspecified atom stereocenters. The van der Waals surface area contributed by atoms with E-state index in [9.17, 15) is 18.0 Å². The number of carbonyl (C=O) groups excluding carboxylic acids is 1. The monoisotopic (exact) mass is 492 g/mol. The Labute approximate surface area is 197 Å². The minimum atomic E-state index is -4.64. The minimum Gasteiger partial charge on any atom is -0.344 e. The highest BCUT2D eigenvalue weighted by molar-refractivity contribution is 6.42. The fourth-order valence-electron chi connectivity index (χ4n) is 4.37. The van der Waals surface area contributed by atoms with E-state index in [-0.39, 0.29) is 22.3 Å². The van der Waals surface area contributed by atoms with Gasteiger partial charge in [-0.25, -0.2) is 4.68 Å². The molecule has 1 atom stereocenters. The van der Waals surface area contributed by atoms with Gasteiger partial charge in [0.2, 0.25) is 0 Å². The number of amides is 1. The van der Waals surface area contributed by atoms with Crippen molar-refractivity contribution in [3.63, 3.8) is 0 Å². The van der Waals surface area contributed by atoms with E-state index in [1.807, 2.05) is 24.3 Å². The Hall–Kier alpha value is -2.97. The molecule has 3 heterocycles. The van der Waals surface area contributed by atoms with Crippen LogP contribution in [0.1, 0.15) is 29.8 Å². The molecular formula is C23H17Cl2F3N4O. The van der Waals surface area contributed by atoms with Crippen LogP contribution in [0.2, 0.25) is 10.0 Å². The molecule has 0 aliphatic carbocycles. The zero-order valence-corrected chi connectivity index (χ0v) is 18.8. The van der Waals surface area contributed by atoms with Crippen LogP contribution in [0.5, 0.6) is 0 Å². The Balaban J connectivity index is 1.66. The number of rotatable bonds is 2. The number of aromatic nitrogens is 2. The molecule has 5 rings (SSSR count). The molecule has 2 aliphatic rings. The average Bonchev–Trinajstić information content (AvgIpc) is 3.38. The Kier molecular flexibility index (Phi) is 5.17. The van der Waals surface area contributed by atoms with Crippen LogP contribution in [-0.2, 0) is 17.4 Å². The summed E-state index contributed by atoms with van der Waals surface area (Å²) >= 11 is 12.3. The molecule has 2 aliphatic heterocycles. The van der Waals surface area contributed by atoms with E-state index in [4.69, 9.17) is 23.2 Å². The number of anilines is 2. The van der Waals surface area contributed by atoms with Crippen LogP contribution in [0.25, 0.3) is 0 Å². The van der Waals surface area contributed by atoms with Crippen LogP contribution in [-0.4, -0.2) is 22.2 Å². The first-order valence-electron chi connectivity index (χ1n) is 10.1. The number of carbonyl (C=O) groups is 1. The molecule has 10 heteroatoms. The van der Waals surface area contributed by atoms with Crippen molar-refractivity contribution in [2.75, 3.05) is 16.8 Å². The molecule has 1 aromatic heterocycles. The number of alkyl halides is 3. The van der Waals surface area contributed by atoms with Gasteiger partial charge in [0.15, 0.2) is 5.69 Å². The molecule has 2 aromatic carbocycles. The summed E-state index contributed by atoms with van der Waals surface area (Å²) in [7, 11) is 0. The van der Waals surface area contributed by atoms with Gasteiger partial charge in [-0.3, -0.25) is 4.79 Å². The van der Waals surface area contributed by atoms with E-state index in [2.05, 4.69) is 10.4 Å². The minimum absolute atomic E-state index is 0.134.